The zero-order valence-electron chi connectivity index (χ0n) is 8.55. The molecule has 2 aromatic rings. The third-order valence-electron chi connectivity index (χ3n) is 2.31. The van der Waals surface area contributed by atoms with Gasteiger partial charge in [-0.15, -0.1) is 11.3 Å². The Morgan fingerprint density at radius 2 is 1.67 bits per heavy atom. The lowest BCUT2D eigenvalue weighted by atomic mass is 10.0. The number of thiophene rings is 1. The van der Waals surface area contributed by atoms with Crippen molar-refractivity contribution in [2.45, 2.75) is 6.10 Å². The van der Waals surface area contributed by atoms with Gasteiger partial charge in [-0.3, -0.25) is 0 Å². The molecule has 1 N–H and O–H groups in total. The van der Waals surface area contributed by atoms with Crippen molar-refractivity contribution in [3.63, 3.8) is 0 Å². The second-order valence-corrected chi connectivity index (χ2v) is 6.16. The zero-order chi connectivity index (χ0) is 13.4. The maximum absolute atomic E-state index is 13.6. The van der Waals surface area contributed by atoms with Gasteiger partial charge in [-0.05, 0) is 18.2 Å². The molecule has 1 atom stereocenters. The first-order valence-electron chi connectivity index (χ1n) is 4.67. The highest BCUT2D eigenvalue weighted by Gasteiger charge is 2.21. The van der Waals surface area contributed by atoms with Crippen molar-refractivity contribution in [1.29, 1.82) is 0 Å². The zero-order valence-corrected chi connectivity index (χ0v) is 11.6. The Balaban J connectivity index is 2.49. The lowest BCUT2D eigenvalue weighted by molar-refractivity contribution is 0.215. The van der Waals surface area contributed by atoms with E-state index in [0.29, 0.717) is 4.34 Å². The van der Waals surface area contributed by atoms with Crippen molar-refractivity contribution in [2.24, 2.45) is 0 Å². The van der Waals surface area contributed by atoms with Gasteiger partial charge in [0.15, 0.2) is 0 Å². The largest absolute Gasteiger partial charge is 0.383 e. The second kappa shape index (κ2) is 5.31. The highest BCUT2D eigenvalue weighted by Crippen LogP contribution is 2.38. The van der Waals surface area contributed by atoms with Crippen molar-refractivity contribution in [3.05, 3.63) is 54.7 Å². The van der Waals surface area contributed by atoms with Crippen molar-refractivity contribution < 1.29 is 13.9 Å². The standard InChI is InChI=1S/C11H5Cl3F2OS/c12-6-3-7(15)4(1-8(6)16)10(17)5-2-9(13)18-11(5)14/h1-3,10,17H. The maximum Gasteiger partial charge on any atom is 0.142 e. The molecule has 96 valence electrons. The normalized spacial score (nSPS) is 12.8. The molecule has 0 saturated heterocycles. The van der Waals surface area contributed by atoms with Gasteiger partial charge < -0.3 is 5.11 Å². The van der Waals surface area contributed by atoms with E-state index >= 15 is 0 Å². The highest BCUT2D eigenvalue weighted by atomic mass is 35.5. The van der Waals surface area contributed by atoms with Crippen LogP contribution in [0.25, 0.3) is 0 Å². The van der Waals surface area contributed by atoms with Gasteiger partial charge in [0.05, 0.1) is 9.36 Å². The molecule has 1 unspecified atom stereocenters. The van der Waals surface area contributed by atoms with E-state index in [-0.39, 0.29) is 20.5 Å². The Bertz CT molecular complexity index is 600. The fourth-order valence-corrected chi connectivity index (χ4v) is 3.13. The van der Waals surface area contributed by atoms with E-state index in [4.69, 9.17) is 34.8 Å². The van der Waals surface area contributed by atoms with E-state index in [2.05, 4.69) is 0 Å². The lowest BCUT2D eigenvalue weighted by Gasteiger charge is -2.12. The van der Waals surface area contributed by atoms with Crippen LogP contribution in [0.4, 0.5) is 8.78 Å². The minimum Gasteiger partial charge on any atom is -0.383 e. The number of hydrogen-bond donors (Lipinski definition) is 1. The molecule has 0 aliphatic rings. The average molecular weight is 330 g/mol. The predicted molar refractivity (Wildman–Crippen MR) is 69.8 cm³/mol. The number of benzene rings is 1. The molecule has 18 heavy (non-hydrogen) atoms. The van der Waals surface area contributed by atoms with Crippen LogP contribution in [-0.2, 0) is 0 Å². The van der Waals surface area contributed by atoms with Gasteiger partial charge >= 0.3 is 0 Å². The Morgan fingerprint density at radius 1 is 1.00 bits per heavy atom. The molecule has 0 fully saturated rings. The first-order chi connectivity index (χ1) is 8.40. The topological polar surface area (TPSA) is 20.2 Å². The first-order valence-corrected chi connectivity index (χ1v) is 6.62. The molecule has 0 aliphatic heterocycles. The van der Waals surface area contributed by atoms with Crippen molar-refractivity contribution in [1.82, 2.24) is 0 Å². The lowest BCUT2D eigenvalue weighted by Crippen LogP contribution is -2.03. The molecular weight excluding hydrogens is 325 g/mol. The Labute approximate surface area is 121 Å². The van der Waals surface area contributed by atoms with Crippen molar-refractivity contribution in [3.8, 4) is 0 Å². The molecule has 1 aromatic heterocycles. The number of aliphatic hydroxyl groups excluding tert-OH is 1. The molecule has 0 bridgehead atoms. The number of hydrogen-bond acceptors (Lipinski definition) is 2. The highest BCUT2D eigenvalue weighted by molar-refractivity contribution is 7.20. The van der Waals surface area contributed by atoms with Gasteiger partial charge in [0.1, 0.15) is 22.1 Å². The van der Waals surface area contributed by atoms with Gasteiger partial charge in [0.25, 0.3) is 0 Å². The number of rotatable bonds is 2. The van der Waals surface area contributed by atoms with Crippen LogP contribution in [0.3, 0.4) is 0 Å². The van der Waals surface area contributed by atoms with E-state index in [1.165, 1.54) is 6.07 Å². The van der Waals surface area contributed by atoms with Gasteiger partial charge in [-0.2, -0.15) is 0 Å². The van der Waals surface area contributed by atoms with E-state index < -0.39 is 17.7 Å². The quantitative estimate of drug-likeness (QED) is 0.763. The van der Waals surface area contributed by atoms with Crippen LogP contribution in [0.15, 0.2) is 18.2 Å². The SMILES string of the molecule is OC(c1cc(F)c(Cl)cc1F)c1cc(Cl)sc1Cl. The molecule has 0 amide bonds. The Morgan fingerprint density at radius 3 is 2.22 bits per heavy atom. The molecule has 7 heteroatoms. The summed E-state index contributed by atoms with van der Waals surface area (Å²) in [6, 6.07) is 3.05. The van der Waals surface area contributed by atoms with Gasteiger partial charge in [0, 0.05) is 11.1 Å². The summed E-state index contributed by atoms with van der Waals surface area (Å²) in [4.78, 5) is 0. The van der Waals surface area contributed by atoms with Crippen LogP contribution in [0.1, 0.15) is 17.2 Å². The Hall–Kier alpha value is -0.390. The van der Waals surface area contributed by atoms with Crippen molar-refractivity contribution in [2.75, 3.05) is 0 Å². The summed E-state index contributed by atoms with van der Waals surface area (Å²) >= 11 is 18.0. The molecule has 0 spiro atoms. The molecular formula is C11H5Cl3F2OS. The summed E-state index contributed by atoms with van der Waals surface area (Å²) < 4.78 is 27.5. The molecule has 1 nitrogen and oxygen atoms in total. The fraction of sp³-hybridized carbons (Fsp3) is 0.0909. The molecule has 0 aliphatic carbocycles. The second-order valence-electron chi connectivity index (χ2n) is 3.47. The molecule has 2 rings (SSSR count). The maximum atomic E-state index is 13.6. The Kier molecular flexibility index (Phi) is 4.14. The van der Waals surface area contributed by atoms with Crippen LogP contribution >= 0.6 is 46.1 Å². The molecule has 1 aromatic carbocycles. The summed E-state index contributed by atoms with van der Waals surface area (Å²) in [6.07, 6.45) is -1.40. The van der Waals surface area contributed by atoms with Crippen LogP contribution in [-0.4, -0.2) is 5.11 Å². The van der Waals surface area contributed by atoms with Gasteiger partial charge in [-0.25, -0.2) is 8.78 Å². The van der Waals surface area contributed by atoms with Crippen LogP contribution in [0, 0.1) is 11.6 Å². The van der Waals surface area contributed by atoms with Gasteiger partial charge in [-0.1, -0.05) is 34.8 Å². The smallest absolute Gasteiger partial charge is 0.142 e. The minimum atomic E-state index is -1.40. The van der Waals surface area contributed by atoms with E-state index in [1.807, 2.05) is 0 Å². The monoisotopic (exact) mass is 328 g/mol. The number of halogens is 5. The summed E-state index contributed by atoms with van der Waals surface area (Å²) in [6.45, 7) is 0. The van der Waals surface area contributed by atoms with E-state index in [9.17, 15) is 13.9 Å². The summed E-state index contributed by atoms with van der Waals surface area (Å²) in [5, 5.41) is 9.65. The van der Waals surface area contributed by atoms with E-state index in [0.717, 1.165) is 23.5 Å². The van der Waals surface area contributed by atoms with Crippen LogP contribution < -0.4 is 0 Å². The predicted octanol–water partition coefficient (Wildman–Crippen LogP) is 5.07. The molecule has 0 radical (unpaired) electrons. The van der Waals surface area contributed by atoms with Gasteiger partial charge in [0.2, 0.25) is 0 Å². The summed E-state index contributed by atoms with van der Waals surface area (Å²) in [5.74, 6) is -1.63. The van der Waals surface area contributed by atoms with Crippen LogP contribution in [0.5, 0.6) is 0 Å². The molecule has 0 saturated carbocycles. The van der Waals surface area contributed by atoms with Crippen molar-refractivity contribution >= 4 is 46.1 Å². The van der Waals surface area contributed by atoms with Crippen LogP contribution in [0.2, 0.25) is 13.7 Å². The average Bonchev–Trinajstić information content (AvgIpc) is 2.62. The minimum absolute atomic E-state index is 0.224. The third-order valence-corrected chi connectivity index (χ3v) is 4.12. The number of aliphatic hydroxyl groups is 1. The summed E-state index contributed by atoms with van der Waals surface area (Å²) in [7, 11) is 0. The first kappa shape index (κ1) is 14.0. The summed E-state index contributed by atoms with van der Waals surface area (Å²) in [5.41, 5.74) is -0.0134. The third kappa shape index (κ3) is 2.63. The van der Waals surface area contributed by atoms with E-state index in [1.54, 1.807) is 0 Å². The fourth-order valence-electron chi connectivity index (χ4n) is 1.45. The molecule has 1 heterocycles.